The Hall–Kier alpha value is -3.59. The van der Waals surface area contributed by atoms with E-state index in [4.69, 9.17) is 14.2 Å². The third-order valence-corrected chi connectivity index (χ3v) is 7.60. The fraction of sp³-hybridized carbons (Fsp3) is 0.483. The summed E-state index contributed by atoms with van der Waals surface area (Å²) in [7, 11) is 1.73. The van der Waals surface area contributed by atoms with Crippen molar-refractivity contribution in [2.24, 2.45) is 5.92 Å². The third-order valence-electron chi connectivity index (χ3n) is 7.60. The second-order valence-electron chi connectivity index (χ2n) is 10.4. The number of aliphatic hydroxyl groups is 1. The maximum atomic E-state index is 13.7. The molecular formula is C29H35N3O6. The maximum absolute atomic E-state index is 13.7. The number of allylic oxidation sites excluding steroid dienone is 2. The molecule has 2 aromatic rings. The van der Waals surface area contributed by atoms with Gasteiger partial charge in [0.05, 0.1) is 19.2 Å². The van der Waals surface area contributed by atoms with Crippen LogP contribution in [0.5, 0.6) is 17.4 Å². The molecular weight excluding hydrogens is 486 g/mol. The number of pyridine rings is 1. The molecule has 0 saturated carbocycles. The third kappa shape index (κ3) is 5.20. The second kappa shape index (κ2) is 11.0. The van der Waals surface area contributed by atoms with Gasteiger partial charge in [0.2, 0.25) is 12.7 Å². The number of rotatable bonds is 6. The Bertz CT molecular complexity index is 1240. The standard InChI is InChI=1S/C29H35N3O6/c1-18-14-32(19(2)16-33)29(35)23-11-22(20-7-5-4-6-8-20)13-30-27(23)38-26(18)15-31(3)28(34)21-9-10-24-25(12-21)37-17-36-24/h7,9-13,18-19,26,33H,4-6,8,14-17H2,1-3H3/t18-,19-,26-/m1/s1. The normalized spacial score (nSPS) is 21.5. The lowest BCUT2D eigenvalue weighted by molar-refractivity contribution is 0.0313. The Morgan fingerprint density at radius 1 is 1.24 bits per heavy atom. The highest BCUT2D eigenvalue weighted by Gasteiger charge is 2.35. The molecule has 202 valence electrons. The molecule has 1 N–H and O–H groups in total. The van der Waals surface area contributed by atoms with Crippen molar-refractivity contribution < 1.29 is 28.9 Å². The lowest BCUT2D eigenvalue weighted by Gasteiger charge is -2.37. The predicted molar refractivity (Wildman–Crippen MR) is 141 cm³/mol. The van der Waals surface area contributed by atoms with Crippen molar-refractivity contribution in [3.8, 4) is 17.4 Å². The van der Waals surface area contributed by atoms with Gasteiger partial charge in [0, 0.05) is 31.3 Å². The fourth-order valence-electron chi connectivity index (χ4n) is 5.20. The Balaban J connectivity index is 1.42. The Morgan fingerprint density at radius 3 is 2.82 bits per heavy atom. The number of ether oxygens (including phenoxy) is 3. The summed E-state index contributed by atoms with van der Waals surface area (Å²) in [5, 5.41) is 9.91. The molecule has 2 aliphatic heterocycles. The average Bonchev–Trinajstić information content (AvgIpc) is 3.42. The van der Waals surface area contributed by atoms with Crippen molar-refractivity contribution in [2.45, 2.75) is 51.7 Å². The summed E-state index contributed by atoms with van der Waals surface area (Å²) in [6.45, 7) is 4.48. The van der Waals surface area contributed by atoms with E-state index in [-0.39, 0.29) is 49.6 Å². The first-order valence-corrected chi connectivity index (χ1v) is 13.3. The maximum Gasteiger partial charge on any atom is 0.259 e. The molecule has 1 aliphatic carbocycles. The molecule has 0 radical (unpaired) electrons. The number of aromatic nitrogens is 1. The zero-order valence-corrected chi connectivity index (χ0v) is 22.2. The molecule has 0 saturated heterocycles. The Labute approximate surface area is 223 Å². The number of likely N-dealkylation sites (N-methyl/N-ethyl adjacent to an activating group) is 1. The van der Waals surface area contributed by atoms with E-state index in [2.05, 4.69) is 11.1 Å². The molecule has 0 fully saturated rings. The fourth-order valence-corrected chi connectivity index (χ4v) is 5.20. The molecule has 3 atom stereocenters. The van der Waals surface area contributed by atoms with Gasteiger partial charge >= 0.3 is 0 Å². The van der Waals surface area contributed by atoms with Crippen molar-refractivity contribution in [1.29, 1.82) is 0 Å². The van der Waals surface area contributed by atoms with E-state index in [0.717, 1.165) is 24.8 Å². The van der Waals surface area contributed by atoms with Crippen molar-refractivity contribution in [2.75, 3.05) is 33.5 Å². The molecule has 2 amide bonds. The highest BCUT2D eigenvalue weighted by Crippen LogP contribution is 2.34. The number of fused-ring (bicyclic) bond motifs is 2. The van der Waals surface area contributed by atoms with Gasteiger partial charge in [-0.3, -0.25) is 9.59 Å². The zero-order valence-electron chi connectivity index (χ0n) is 22.2. The van der Waals surface area contributed by atoms with Crippen molar-refractivity contribution in [3.05, 3.63) is 53.2 Å². The van der Waals surface area contributed by atoms with Crippen molar-refractivity contribution in [3.63, 3.8) is 0 Å². The van der Waals surface area contributed by atoms with E-state index in [9.17, 15) is 14.7 Å². The van der Waals surface area contributed by atoms with E-state index in [1.165, 1.54) is 12.0 Å². The van der Waals surface area contributed by atoms with Crippen molar-refractivity contribution in [1.82, 2.24) is 14.8 Å². The summed E-state index contributed by atoms with van der Waals surface area (Å²) in [5.41, 5.74) is 3.00. The molecule has 1 aromatic heterocycles. The summed E-state index contributed by atoms with van der Waals surface area (Å²) >= 11 is 0. The summed E-state index contributed by atoms with van der Waals surface area (Å²) in [5.74, 6) is 0.915. The first kappa shape index (κ1) is 26.0. The summed E-state index contributed by atoms with van der Waals surface area (Å²) in [6.07, 6.45) is 7.83. The number of carbonyl (C=O) groups is 2. The monoisotopic (exact) mass is 521 g/mol. The van der Waals surface area contributed by atoms with Crippen LogP contribution in [-0.4, -0.2) is 77.4 Å². The first-order valence-electron chi connectivity index (χ1n) is 13.3. The number of amides is 2. The number of nitrogens with zero attached hydrogens (tertiary/aromatic N) is 3. The predicted octanol–water partition coefficient (Wildman–Crippen LogP) is 3.76. The van der Waals surface area contributed by atoms with Gasteiger partial charge in [-0.1, -0.05) is 13.0 Å². The van der Waals surface area contributed by atoms with Crippen molar-refractivity contribution >= 4 is 17.4 Å². The van der Waals surface area contributed by atoms with Gasteiger partial charge in [-0.25, -0.2) is 4.98 Å². The highest BCUT2D eigenvalue weighted by atomic mass is 16.7. The number of hydrogen-bond donors (Lipinski definition) is 1. The lowest BCUT2D eigenvalue weighted by Crippen LogP contribution is -2.50. The summed E-state index contributed by atoms with van der Waals surface area (Å²) in [4.78, 5) is 34.8. The van der Waals surface area contributed by atoms with Gasteiger partial charge in [-0.15, -0.1) is 0 Å². The molecule has 9 heteroatoms. The van der Waals surface area contributed by atoms with Gasteiger partial charge < -0.3 is 29.1 Å². The molecule has 0 unspecified atom stereocenters. The van der Waals surface area contributed by atoms with Gasteiger partial charge in [-0.2, -0.15) is 0 Å². The SMILES string of the molecule is C[C@@H]1CN([C@H](C)CO)C(=O)c2cc(C3=CCCCC3)cnc2O[C@@H]1CN(C)C(=O)c1ccc2c(c1)OCO2. The number of hydrogen-bond acceptors (Lipinski definition) is 7. The first-order chi connectivity index (χ1) is 18.4. The van der Waals surface area contributed by atoms with Gasteiger partial charge in [0.25, 0.3) is 11.8 Å². The van der Waals surface area contributed by atoms with Gasteiger partial charge in [0.1, 0.15) is 11.7 Å². The molecule has 0 bridgehead atoms. The number of benzene rings is 1. The second-order valence-corrected chi connectivity index (χ2v) is 10.4. The molecule has 0 spiro atoms. The average molecular weight is 522 g/mol. The molecule has 5 rings (SSSR count). The van der Waals surface area contributed by atoms with Gasteiger partial charge in [-0.05, 0) is 68.0 Å². The van der Waals surface area contributed by atoms with Crippen LogP contribution in [0.4, 0.5) is 0 Å². The highest BCUT2D eigenvalue weighted by molar-refractivity contribution is 5.97. The minimum Gasteiger partial charge on any atom is -0.472 e. The smallest absolute Gasteiger partial charge is 0.259 e. The van der Waals surface area contributed by atoms with Crippen LogP contribution in [0, 0.1) is 5.92 Å². The van der Waals surface area contributed by atoms with E-state index < -0.39 is 6.10 Å². The summed E-state index contributed by atoms with van der Waals surface area (Å²) in [6, 6.07) is 6.63. The molecule has 38 heavy (non-hydrogen) atoms. The summed E-state index contributed by atoms with van der Waals surface area (Å²) < 4.78 is 17.2. The van der Waals surface area contributed by atoms with E-state index in [1.54, 1.807) is 41.2 Å². The van der Waals surface area contributed by atoms with Crippen LogP contribution in [0.2, 0.25) is 0 Å². The quantitative estimate of drug-likeness (QED) is 0.618. The minimum absolute atomic E-state index is 0.129. The van der Waals surface area contributed by atoms with Crippen LogP contribution in [-0.2, 0) is 0 Å². The van der Waals surface area contributed by atoms with Crippen LogP contribution in [0.3, 0.4) is 0 Å². The molecule has 9 nitrogen and oxygen atoms in total. The topological polar surface area (TPSA) is 101 Å². The van der Waals surface area contributed by atoms with Gasteiger partial charge in [0.15, 0.2) is 11.5 Å². The molecule has 1 aromatic carbocycles. The Kier molecular flexibility index (Phi) is 7.56. The van der Waals surface area contributed by atoms with E-state index in [1.807, 2.05) is 19.9 Å². The van der Waals surface area contributed by atoms with Crippen LogP contribution >= 0.6 is 0 Å². The molecule has 3 aliphatic rings. The van der Waals surface area contributed by atoms with Crippen LogP contribution < -0.4 is 14.2 Å². The van der Waals surface area contributed by atoms with Crippen LogP contribution in [0.1, 0.15) is 65.8 Å². The van der Waals surface area contributed by atoms with E-state index in [0.29, 0.717) is 29.2 Å². The van der Waals surface area contributed by atoms with Crippen LogP contribution in [0.25, 0.3) is 5.57 Å². The Morgan fingerprint density at radius 2 is 2.05 bits per heavy atom. The molecule has 3 heterocycles. The number of aliphatic hydroxyl groups excluding tert-OH is 1. The minimum atomic E-state index is -0.426. The lowest BCUT2D eigenvalue weighted by atomic mass is 9.93. The largest absolute Gasteiger partial charge is 0.472 e. The number of carbonyl (C=O) groups excluding carboxylic acids is 2. The van der Waals surface area contributed by atoms with E-state index >= 15 is 0 Å². The zero-order chi connectivity index (χ0) is 26.8. The van der Waals surface area contributed by atoms with Crippen LogP contribution in [0.15, 0.2) is 36.5 Å².